The van der Waals surface area contributed by atoms with Gasteiger partial charge < -0.3 is 14.5 Å². The second kappa shape index (κ2) is 7.44. The number of benzene rings is 2. The van der Waals surface area contributed by atoms with Gasteiger partial charge in [-0.15, -0.1) is 0 Å². The second-order valence-electron chi connectivity index (χ2n) is 8.07. The zero-order valence-corrected chi connectivity index (χ0v) is 16.4. The summed E-state index contributed by atoms with van der Waals surface area (Å²) in [5, 5.41) is 15.2. The molecule has 0 spiro atoms. The molecule has 2 unspecified atom stereocenters. The first-order chi connectivity index (χ1) is 14.6. The summed E-state index contributed by atoms with van der Waals surface area (Å²) in [6.07, 6.45) is 5.40. The summed E-state index contributed by atoms with van der Waals surface area (Å²) < 4.78 is 5.97. The second-order valence-corrected chi connectivity index (χ2v) is 8.07. The molecule has 0 aliphatic heterocycles. The maximum atomic E-state index is 12.0. The number of aliphatic carboxylic acids is 1. The Morgan fingerprint density at radius 3 is 2.87 bits per heavy atom. The van der Waals surface area contributed by atoms with E-state index in [1.165, 1.54) is 5.56 Å². The number of aryl methyl sites for hydroxylation is 2. The molecule has 6 nitrogen and oxygen atoms in total. The van der Waals surface area contributed by atoms with Gasteiger partial charge in [0.05, 0.1) is 5.92 Å². The number of carbonyl (C=O) groups is 1. The molecule has 0 amide bonds. The predicted octanol–water partition coefficient (Wildman–Crippen LogP) is 5.54. The number of aromatic nitrogens is 1. The average Bonchev–Trinajstić information content (AvgIpc) is 3.45. The summed E-state index contributed by atoms with van der Waals surface area (Å²) in [5.74, 6) is -0.614. The number of hydrogen-bond donors (Lipinski definition) is 2. The van der Waals surface area contributed by atoms with Gasteiger partial charge in [0.15, 0.2) is 0 Å². The largest absolute Gasteiger partial charge is 0.481 e. The van der Waals surface area contributed by atoms with Gasteiger partial charge in [-0.25, -0.2) is 0 Å². The van der Waals surface area contributed by atoms with Gasteiger partial charge >= 0.3 is 5.97 Å². The summed E-state index contributed by atoms with van der Waals surface area (Å²) in [7, 11) is 0. The Balaban J connectivity index is 1.41. The number of para-hydroxylation sites is 1. The highest BCUT2D eigenvalue weighted by Gasteiger charge is 2.27. The van der Waals surface area contributed by atoms with Gasteiger partial charge in [0.2, 0.25) is 0 Å². The van der Waals surface area contributed by atoms with E-state index in [1.807, 2.05) is 48.7 Å². The van der Waals surface area contributed by atoms with Crippen LogP contribution in [0, 0.1) is 10.8 Å². The fraction of sp³-hybridized carbons (Fsp3) is 0.292. The molecule has 30 heavy (non-hydrogen) atoms. The van der Waals surface area contributed by atoms with Crippen molar-refractivity contribution in [3.05, 3.63) is 76.0 Å². The van der Waals surface area contributed by atoms with Crippen molar-refractivity contribution in [1.82, 2.24) is 4.98 Å². The minimum absolute atomic E-state index is 0.143. The fourth-order valence-electron chi connectivity index (χ4n) is 4.67. The van der Waals surface area contributed by atoms with Gasteiger partial charge in [-0.05, 0) is 48.9 Å². The number of nitroso groups, excluding NO2 is 1. The number of fused-ring (bicyclic) bond motifs is 4. The van der Waals surface area contributed by atoms with E-state index in [0.717, 1.165) is 52.5 Å². The van der Waals surface area contributed by atoms with E-state index in [4.69, 9.17) is 4.42 Å². The van der Waals surface area contributed by atoms with E-state index in [9.17, 15) is 14.8 Å². The molecule has 2 atom stereocenters. The normalized spacial score (nSPS) is 15.3. The number of H-pyrrole nitrogens is 1. The summed E-state index contributed by atoms with van der Waals surface area (Å²) in [4.78, 5) is 26.8. The van der Waals surface area contributed by atoms with E-state index < -0.39 is 17.9 Å². The Morgan fingerprint density at radius 2 is 2.03 bits per heavy atom. The molecule has 5 rings (SSSR count). The average molecular weight is 402 g/mol. The standard InChI is InChI=1S/C24H22N2O4/c27-24(28)15(10-16-13-25-20-6-2-1-4-17(16)20)11-21(26-29)14-8-9-19-18-5-3-7-22(18)30-23(19)12-14/h1-2,4,6,8-9,12-13,15,21,25H,3,5,7,10-11H2,(H,27,28). The van der Waals surface area contributed by atoms with Crippen LogP contribution in [-0.4, -0.2) is 16.1 Å². The van der Waals surface area contributed by atoms with Crippen LogP contribution in [-0.2, 0) is 24.1 Å². The molecule has 2 aromatic heterocycles. The van der Waals surface area contributed by atoms with E-state index in [2.05, 4.69) is 10.2 Å². The fourth-order valence-corrected chi connectivity index (χ4v) is 4.67. The van der Waals surface area contributed by atoms with Crippen molar-refractivity contribution < 1.29 is 14.3 Å². The van der Waals surface area contributed by atoms with Crippen molar-refractivity contribution in [2.45, 2.75) is 38.1 Å². The van der Waals surface area contributed by atoms with Crippen molar-refractivity contribution in [3.8, 4) is 0 Å². The Morgan fingerprint density at radius 1 is 1.17 bits per heavy atom. The lowest BCUT2D eigenvalue weighted by Crippen LogP contribution is -2.19. The molecule has 0 saturated heterocycles. The minimum Gasteiger partial charge on any atom is -0.481 e. The van der Waals surface area contributed by atoms with Crippen molar-refractivity contribution in [1.29, 1.82) is 0 Å². The highest BCUT2D eigenvalue weighted by Crippen LogP contribution is 2.36. The van der Waals surface area contributed by atoms with Gasteiger partial charge in [0.1, 0.15) is 17.4 Å². The number of nitrogens with one attached hydrogen (secondary N) is 1. The lowest BCUT2D eigenvalue weighted by atomic mass is 9.90. The third-order valence-corrected chi connectivity index (χ3v) is 6.24. The van der Waals surface area contributed by atoms with Crippen LogP contribution in [0.4, 0.5) is 0 Å². The van der Waals surface area contributed by atoms with Crippen LogP contribution >= 0.6 is 0 Å². The van der Waals surface area contributed by atoms with Gasteiger partial charge in [-0.3, -0.25) is 4.79 Å². The molecule has 1 aliphatic carbocycles. The van der Waals surface area contributed by atoms with Crippen molar-refractivity contribution in [3.63, 3.8) is 0 Å². The maximum Gasteiger partial charge on any atom is 0.306 e. The zero-order valence-electron chi connectivity index (χ0n) is 16.4. The SMILES string of the molecule is O=NC(CC(Cc1c[nH]c2ccccc12)C(=O)O)c1ccc2c3c(oc2c1)CCC3. The van der Waals surface area contributed by atoms with Gasteiger partial charge in [-0.1, -0.05) is 35.5 Å². The third-order valence-electron chi connectivity index (χ3n) is 6.24. The molecule has 0 fully saturated rings. The molecule has 4 aromatic rings. The first-order valence-electron chi connectivity index (χ1n) is 10.3. The zero-order chi connectivity index (χ0) is 20.7. The molecule has 6 heteroatoms. The van der Waals surface area contributed by atoms with Crippen LogP contribution in [0.15, 0.2) is 58.3 Å². The molecule has 0 bridgehead atoms. The van der Waals surface area contributed by atoms with Crippen molar-refractivity contribution in [2.24, 2.45) is 11.1 Å². The van der Waals surface area contributed by atoms with Gasteiger partial charge in [-0.2, -0.15) is 4.91 Å². The number of carboxylic acids is 1. The number of carboxylic acid groups (broad SMARTS) is 1. The number of rotatable bonds is 7. The van der Waals surface area contributed by atoms with E-state index in [0.29, 0.717) is 12.0 Å². The lowest BCUT2D eigenvalue weighted by molar-refractivity contribution is -0.142. The lowest BCUT2D eigenvalue weighted by Gasteiger charge is -2.16. The van der Waals surface area contributed by atoms with Crippen LogP contribution in [0.5, 0.6) is 0 Å². The Kier molecular flexibility index (Phi) is 4.62. The van der Waals surface area contributed by atoms with Crippen LogP contribution in [0.1, 0.15) is 41.3 Å². The van der Waals surface area contributed by atoms with Crippen LogP contribution in [0.2, 0.25) is 0 Å². The summed E-state index contributed by atoms with van der Waals surface area (Å²) >= 11 is 0. The van der Waals surface area contributed by atoms with Crippen LogP contribution < -0.4 is 0 Å². The van der Waals surface area contributed by atoms with E-state index >= 15 is 0 Å². The highest BCUT2D eigenvalue weighted by atomic mass is 16.4. The summed E-state index contributed by atoms with van der Waals surface area (Å²) in [6.45, 7) is 0. The smallest absolute Gasteiger partial charge is 0.306 e. The number of furan rings is 1. The van der Waals surface area contributed by atoms with Crippen LogP contribution in [0.25, 0.3) is 21.9 Å². The molecular formula is C24H22N2O4. The minimum atomic E-state index is -0.924. The number of aromatic amines is 1. The molecule has 152 valence electrons. The Labute approximate surface area is 172 Å². The molecule has 0 saturated carbocycles. The molecule has 2 heterocycles. The van der Waals surface area contributed by atoms with Gasteiger partial charge in [0, 0.05) is 34.5 Å². The van der Waals surface area contributed by atoms with Gasteiger partial charge in [0.25, 0.3) is 0 Å². The maximum absolute atomic E-state index is 12.0. The topological polar surface area (TPSA) is 95.7 Å². The molecule has 2 aromatic carbocycles. The molecule has 2 N–H and O–H groups in total. The van der Waals surface area contributed by atoms with Crippen molar-refractivity contribution in [2.75, 3.05) is 0 Å². The number of nitrogens with zero attached hydrogens (tertiary/aromatic N) is 1. The Bertz CT molecular complexity index is 1250. The highest BCUT2D eigenvalue weighted by molar-refractivity contribution is 5.84. The van der Waals surface area contributed by atoms with Crippen molar-refractivity contribution >= 4 is 27.8 Å². The van der Waals surface area contributed by atoms with E-state index in [-0.39, 0.29) is 6.42 Å². The molecule has 0 radical (unpaired) electrons. The van der Waals surface area contributed by atoms with Crippen LogP contribution in [0.3, 0.4) is 0 Å². The molecule has 1 aliphatic rings. The first-order valence-corrected chi connectivity index (χ1v) is 10.3. The first kappa shape index (κ1) is 18.6. The third kappa shape index (κ3) is 3.18. The summed E-state index contributed by atoms with van der Waals surface area (Å²) in [6, 6.07) is 12.8. The molecular weight excluding hydrogens is 380 g/mol. The number of hydrogen-bond acceptors (Lipinski definition) is 4. The van der Waals surface area contributed by atoms with E-state index in [1.54, 1.807) is 0 Å². The monoisotopic (exact) mass is 402 g/mol. The summed E-state index contributed by atoms with van der Waals surface area (Å²) in [5.41, 5.74) is 4.62. The quantitative estimate of drug-likeness (QED) is 0.397. The predicted molar refractivity (Wildman–Crippen MR) is 115 cm³/mol. The Hall–Kier alpha value is -3.41.